The van der Waals surface area contributed by atoms with Crippen molar-refractivity contribution in [2.24, 2.45) is 0 Å². The minimum Gasteiger partial charge on any atom is -0.497 e. The molecule has 0 radical (unpaired) electrons. The van der Waals surface area contributed by atoms with E-state index in [-0.39, 0.29) is 0 Å². The molecule has 0 bridgehead atoms. The van der Waals surface area contributed by atoms with E-state index in [0.29, 0.717) is 0 Å². The summed E-state index contributed by atoms with van der Waals surface area (Å²) < 4.78 is 5.20. The summed E-state index contributed by atoms with van der Waals surface area (Å²) in [6.07, 6.45) is 0. The van der Waals surface area contributed by atoms with E-state index in [2.05, 4.69) is 36.5 Å². The first-order chi connectivity index (χ1) is 7.74. The van der Waals surface area contributed by atoms with Crippen molar-refractivity contribution in [3.05, 3.63) is 35.9 Å². The molecule has 1 heterocycles. The Morgan fingerprint density at radius 1 is 1.19 bits per heavy atom. The fourth-order valence-electron chi connectivity index (χ4n) is 1.66. The lowest BCUT2D eigenvalue weighted by Gasteiger charge is -2.06. The monoisotopic (exact) mass is 233 g/mol. The molecule has 3 heteroatoms. The Morgan fingerprint density at radius 3 is 2.56 bits per heavy atom. The Bertz CT molecular complexity index is 490. The van der Waals surface area contributed by atoms with E-state index in [1.165, 1.54) is 21.0 Å². The van der Waals surface area contributed by atoms with Crippen LogP contribution in [0.25, 0.3) is 10.4 Å². The topological polar surface area (TPSA) is 21.3 Å². The molecule has 0 aliphatic carbocycles. The van der Waals surface area contributed by atoms with Crippen molar-refractivity contribution in [3.63, 3.8) is 0 Å². The van der Waals surface area contributed by atoms with Gasteiger partial charge >= 0.3 is 0 Å². The molecular weight excluding hydrogens is 218 g/mol. The van der Waals surface area contributed by atoms with Gasteiger partial charge in [-0.05, 0) is 48.4 Å². The molecule has 1 aromatic carbocycles. The van der Waals surface area contributed by atoms with Crippen LogP contribution in [0, 0.1) is 6.92 Å². The molecule has 0 saturated carbocycles. The third kappa shape index (κ3) is 2.04. The van der Waals surface area contributed by atoms with Crippen LogP contribution in [-0.4, -0.2) is 14.2 Å². The molecule has 0 aliphatic rings. The molecule has 0 saturated heterocycles. The molecular formula is C13H15NOS. The molecule has 0 amide bonds. The van der Waals surface area contributed by atoms with E-state index in [4.69, 9.17) is 4.74 Å². The Labute approximate surface area is 99.9 Å². The number of aryl methyl sites for hydroxylation is 1. The number of hydrogen-bond acceptors (Lipinski definition) is 3. The first kappa shape index (κ1) is 11.0. The van der Waals surface area contributed by atoms with Crippen molar-refractivity contribution in [2.75, 3.05) is 19.5 Å². The molecule has 1 N–H and O–H groups in total. The molecule has 84 valence electrons. The number of nitrogens with one attached hydrogen (secondary N) is 1. The average molecular weight is 233 g/mol. The highest BCUT2D eigenvalue weighted by molar-refractivity contribution is 7.19. The first-order valence-electron chi connectivity index (χ1n) is 5.17. The van der Waals surface area contributed by atoms with Crippen LogP contribution in [0.1, 0.15) is 5.56 Å². The van der Waals surface area contributed by atoms with Crippen LogP contribution in [0.15, 0.2) is 30.3 Å². The van der Waals surface area contributed by atoms with Gasteiger partial charge in [0.05, 0.1) is 12.1 Å². The number of hydrogen-bond donors (Lipinski definition) is 1. The summed E-state index contributed by atoms with van der Waals surface area (Å²) in [5, 5.41) is 4.34. The summed E-state index contributed by atoms with van der Waals surface area (Å²) in [6, 6.07) is 10.4. The molecule has 2 aromatic rings. The maximum atomic E-state index is 5.20. The van der Waals surface area contributed by atoms with Gasteiger partial charge in [-0.2, -0.15) is 0 Å². The lowest BCUT2D eigenvalue weighted by atomic mass is 10.1. The van der Waals surface area contributed by atoms with Gasteiger partial charge in [0.15, 0.2) is 0 Å². The zero-order valence-corrected chi connectivity index (χ0v) is 10.5. The van der Waals surface area contributed by atoms with Crippen molar-refractivity contribution in [1.29, 1.82) is 0 Å². The number of methoxy groups -OCH3 is 1. The van der Waals surface area contributed by atoms with Gasteiger partial charge in [0.1, 0.15) is 5.75 Å². The smallest absolute Gasteiger partial charge is 0.119 e. The number of benzene rings is 1. The van der Waals surface area contributed by atoms with E-state index >= 15 is 0 Å². The second-order valence-electron chi connectivity index (χ2n) is 3.59. The number of anilines is 1. The van der Waals surface area contributed by atoms with Gasteiger partial charge in [0, 0.05) is 11.9 Å². The van der Waals surface area contributed by atoms with Crippen molar-refractivity contribution in [3.8, 4) is 16.2 Å². The molecule has 16 heavy (non-hydrogen) atoms. The third-order valence-corrected chi connectivity index (χ3v) is 3.69. The fourth-order valence-corrected chi connectivity index (χ4v) is 2.61. The minimum absolute atomic E-state index is 0.909. The number of ether oxygens (including phenoxy) is 1. The SMILES string of the molecule is CNc1ccc(-c2ccc(OC)cc2C)s1. The van der Waals surface area contributed by atoms with Crippen LogP contribution in [-0.2, 0) is 0 Å². The molecule has 1 aromatic heterocycles. The van der Waals surface area contributed by atoms with Gasteiger partial charge in [-0.25, -0.2) is 0 Å². The zero-order valence-electron chi connectivity index (χ0n) is 9.70. The van der Waals surface area contributed by atoms with Crippen LogP contribution in [0.3, 0.4) is 0 Å². The van der Waals surface area contributed by atoms with Crippen LogP contribution in [0.5, 0.6) is 5.75 Å². The Balaban J connectivity index is 2.40. The maximum absolute atomic E-state index is 5.20. The predicted octanol–water partition coefficient (Wildman–Crippen LogP) is 3.77. The highest BCUT2D eigenvalue weighted by Crippen LogP contribution is 2.34. The largest absolute Gasteiger partial charge is 0.497 e. The standard InChI is InChI=1S/C13H15NOS/c1-9-8-10(15-3)4-5-11(9)12-6-7-13(14-2)16-12/h4-8,14H,1-3H3. The predicted molar refractivity (Wildman–Crippen MR) is 70.6 cm³/mol. The molecule has 2 nitrogen and oxygen atoms in total. The summed E-state index contributed by atoms with van der Waals surface area (Å²) in [4.78, 5) is 1.28. The van der Waals surface area contributed by atoms with E-state index in [9.17, 15) is 0 Å². The van der Waals surface area contributed by atoms with Crippen molar-refractivity contribution >= 4 is 16.3 Å². The molecule has 0 spiro atoms. The fraction of sp³-hybridized carbons (Fsp3) is 0.231. The molecule has 0 unspecified atom stereocenters. The molecule has 2 rings (SSSR count). The molecule has 0 aliphatic heterocycles. The van der Waals surface area contributed by atoms with Crippen molar-refractivity contribution in [1.82, 2.24) is 0 Å². The number of rotatable bonds is 3. The van der Waals surface area contributed by atoms with Gasteiger partial charge in [-0.3, -0.25) is 0 Å². The Kier molecular flexibility index (Phi) is 3.15. The van der Waals surface area contributed by atoms with E-state index < -0.39 is 0 Å². The lowest BCUT2D eigenvalue weighted by Crippen LogP contribution is -1.85. The van der Waals surface area contributed by atoms with Crippen molar-refractivity contribution in [2.45, 2.75) is 6.92 Å². The average Bonchev–Trinajstić information content (AvgIpc) is 2.77. The van der Waals surface area contributed by atoms with Gasteiger partial charge in [0.25, 0.3) is 0 Å². The highest BCUT2D eigenvalue weighted by atomic mass is 32.1. The highest BCUT2D eigenvalue weighted by Gasteiger charge is 2.05. The lowest BCUT2D eigenvalue weighted by molar-refractivity contribution is 0.414. The summed E-state index contributed by atoms with van der Waals surface area (Å²) in [5.74, 6) is 0.909. The summed E-state index contributed by atoms with van der Waals surface area (Å²) >= 11 is 1.76. The molecule has 0 fully saturated rings. The van der Waals surface area contributed by atoms with Crippen LogP contribution < -0.4 is 10.1 Å². The van der Waals surface area contributed by atoms with Gasteiger partial charge < -0.3 is 10.1 Å². The summed E-state index contributed by atoms with van der Waals surface area (Å²) in [6.45, 7) is 2.11. The zero-order chi connectivity index (χ0) is 11.5. The van der Waals surface area contributed by atoms with E-state index in [0.717, 1.165) is 5.75 Å². The Morgan fingerprint density at radius 2 is 2.00 bits per heavy atom. The number of thiophene rings is 1. The maximum Gasteiger partial charge on any atom is 0.119 e. The normalized spacial score (nSPS) is 10.2. The van der Waals surface area contributed by atoms with Crippen LogP contribution in [0.4, 0.5) is 5.00 Å². The second kappa shape index (κ2) is 4.58. The van der Waals surface area contributed by atoms with E-state index in [1.807, 2.05) is 13.1 Å². The van der Waals surface area contributed by atoms with Gasteiger partial charge in [-0.1, -0.05) is 0 Å². The quantitative estimate of drug-likeness (QED) is 0.871. The minimum atomic E-state index is 0.909. The summed E-state index contributed by atoms with van der Waals surface area (Å²) in [5.41, 5.74) is 2.51. The van der Waals surface area contributed by atoms with Gasteiger partial charge in [0.2, 0.25) is 0 Å². The van der Waals surface area contributed by atoms with Crippen LogP contribution >= 0.6 is 11.3 Å². The Hall–Kier alpha value is -1.48. The second-order valence-corrected chi connectivity index (χ2v) is 4.68. The van der Waals surface area contributed by atoms with Crippen molar-refractivity contribution < 1.29 is 4.74 Å². The first-order valence-corrected chi connectivity index (χ1v) is 5.99. The molecule has 0 atom stereocenters. The summed E-state index contributed by atoms with van der Waals surface area (Å²) in [7, 11) is 3.63. The van der Waals surface area contributed by atoms with E-state index in [1.54, 1.807) is 18.4 Å². The third-order valence-electron chi connectivity index (χ3n) is 2.55. The van der Waals surface area contributed by atoms with Gasteiger partial charge in [-0.15, -0.1) is 11.3 Å². The van der Waals surface area contributed by atoms with Crippen LogP contribution in [0.2, 0.25) is 0 Å².